The molecule has 2 N–H and O–H groups in total. The maximum atomic E-state index is 5.82. The molecule has 1 heterocycles. The van der Waals surface area contributed by atoms with E-state index >= 15 is 0 Å². The van der Waals surface area contributed by atoms with Gasteiger partial charge in [0.1, 0.15) is 5.82 Å². The quantitative estimate of drug-likeness (QED) is 0.800. The summed E-state index contributed by atoms with van der Waals surface area (Å²) in [6.45, 7) is 6.56. The van der Waals surface area contributed by atoms with Gasteiger partial charge >= 0.3 is 0 Å². The van der Waals surface area contributed by atoms with Crippen molar-refractivity contribution in [2.75, 3.05) is 17.7 Å². The first-order chi connectivity index (χ1) is 6.49. The Morgan fingerprint density at radius 1 is 1.50 bits per heavy atom. The van der Waals surface area contributed by atoms with Crippen molar-refractivity contribution >= 4 is 11.5 Å². The van der Waals surface area contributed by atoms with Crippen LogP contribution in [-0.2, 0) is 0 Å². The monoisotopic (exact) mass is 193 g/mol. The summed E-state index contributed by atoms with van der Waals surface area (Å²) in [5, 5.41) is 0. The fourth-order valence-electron chi connectivity index (χ4n) is 1.26. The van der Waals surface area contributed by atoms with Gasteiger partial charge < -0.3 is 10.6 Å². The van der Waals surface area contributed by atoms with Crippen LogP contribution in [0, 0.1) is 0 Å². The number of anilines is 2. The molecule has 0 saturated carbocycles. The highest BCUT2D eigenvalue weighted by molar-refractivity contribution is 5.63. The highest BCUT2D eigenvalue weighted by Gasteiger charge is 2.22. The second kappa shape index (κ2) is 3.86. The van der Waals surface area contributed by atoms with Crippen LogP contribution in [0.1, 0.15) is 27.2 Å². The van der Waals surface area contributed by atoms with Crippen molar-refractivity contribution in [1.29, 1.82) is 0 Å². The summed E-state index contributed by atoms with van der Waals surface area (Å²) in [6.07, 6.45) is 2.78. The second-order valence-corrected chi connectivity index (χ2v) is 4.13. The van der Waals surface area contributed by atoms with Crippen molar-refractivity contribution in [3.8, 4) is 0 Å². The number of nitrogen functional groups attached to an aromatic ring is 1. The predicted octanol–water partition coefficient (Wildman–Crippen LogP) is 2.29. The van der Waals surface area contributed by atoms with Crippen LogP contribution in [0.3, 0.4) is 0 Å². The molecule has 0 aliphatic rings. The third kappa shape index (κ3) is 1.97. The van der Waals surface area contributed by atoms with E-state index in [4.69, 9.17) is 5.73 Å². The normalized spacial score (nSPS) is 11.4. The molecular weight excluding hydrogens is 174 g/mol. The van der Waals surface area contributed by atoms with Gasteiger partial charge in [-0.1, -0.05) is 6.92 Å². The molecule has 0 radical (unpaired) electrons. The minimum Gasteiger partial charge on any atom is -0.382 e. The zero-order valence-electron chi connectivity index (χ0n) is 9.41. The lowest BCUT2D eigenvalue weighted by Crippen LogP contribution is -2.40. The third-order valence-electron chi connectivity index (χ3n) is 2.95. The van der Waals surface area contributed by atoms with Crippen LogP contribution in [0.4, 0.5) is 11.5 Å². The van der Waals surface area contributed by atoms with Crippen molar-refractivity contribution in [1.82, 2.24) is 4.98 Å². The molecule has 0 fully saturated rings. The van der Waals surface area contributed by atoms with Crippen molar-refractivity contribution in [2.24, 2.45) is 0 Å². The Morgan fingerprint density at radius 2 is 2.14 bits per heavy atom. The van der Waals surface area contributed by atoms with E-state index in [1.54, 1.807) is 6.20 Å². The van der Waals surface area contributed by atoms with Gasteiger partial charge in [0.2, 0.25) is 0 Å². The van der Waals surface area contributed by atoms with E-state index in [1.165, 1.54) is 0 Å². The Bertz CT molecular complexity index is 307. The molecule has 0 spiro atoms. The molecule has 0 aliphatic heterocycles. The first-order valence-electron chi connectivity index (χ1n) is 4.93. The van der Waals surface area contributed by atoms with E-state index in [0.29, 0.717) is 5.82 Å². The molecule has 0 saturated heterocycles. The van der Waals surface area contributed by atoms with Crippen LogP contribution >= 0.6 is 0 Å². The number of hydrogen-bond donors (Lipinski definition) is 1. The zero-order valence-corrected chi connectivity index (χ0v) is 9.41. The van der Waals surface area contributed by atoms with Gasteiger partial charge in [-0.25, -0.2) is 4.98 Å². The van der Waals surface area contributed by atoms with E-state index in [9.17, 15) is 0 Å². The Labute approximate surface area is 85.9 Å². The average Bonchev–Trinajstić information content (AvgIpc) is 2.17. The van der Waals surface area contributed by atoms with Crippen LogP contribution in [0.15, 0.2) is 18.3 Å². The van der Waals surface area contributed by atoms with Crippen LogP contribution in [-0.4, -0.2) is 17.6 Å². The summed E-state index contributed by atoms with van der Waals surface area (Å²) < 4.78 is 0. The SMILES string of the molecule is CCC(C)(C)N(C)c1cccnc1N. The number of rotatable bonds is 3. The first kappa shape index (κ1) is 10.8. The maximum Gasteiger partial charge on any atom is 0.146 e. The summed E-state index contributed by atoms with van der Waals surface area (Å²) in [5.41, 5.74) is 6.93. The molecule has 14 heavy (non-hydrogen) atoms. The number of pyridine rings is 1. The Kier molecular flexibility index (Phi) is 2.99. The van der Waals surface area contributed by atoms with Gasteiger partial charge in [-0.2, -0.15) is 0 Å². The lowest BCUT2D eigenvalue weighted by atomic mass is 9.99. The molecule has 0 aliphatic carbocycles. The summed E-state index contributed by atoms with van der Waals surface area (Å²) in [7, 11) is 2.05. The highest BCUT2D eigenvalue weighted by Crippen LogP contribution is 2.27. The average molecular weight is 193 g/mol. The zero-order chi connectivity index (χ0) is 10.8. The molecule has 78 valence electrons. The number of nitrogens with two attached hydrogens (primary N) is 1. The fraction of sp³-hybridized carbons (Fsp3) is 0.545. The van der Waals surface area contributed by atoms with Crippen LogP contribution in [0.25, 0.3) is 0 Å². The highest BCUT2D eigenvalue weighted by atomic mass is 15.2. The largest absolute Gasteiger partial charge is 0.382 e. The van der Waals surface area contributed by atoms with Gasteiger partial charge in [0.15, 0.2) is 0 Å². The second-order valence-electron chi connectivity index (χ2n) is 4.13. The number of nitrogens with zero attached hydrogens (tertiary/aromatic N) is 2. The number of aromatic nitrogens is 1. The standard InChI is InChI=1S/C11H19N3/c1-5-11(2,3)14(4)9-7-6-8-13-10(9)12/h6-8H,5H2,1-4H3,(H2,12,13). The third-order valence-corrected chi connectivity index (χ3v) is 2.95. The van der Waals surface area contributed by atoms with E-state index < -0.39 is 0 Å². The summed E-state index contributed by atoms with van der Waals surface area (Å²) in [4.78, 5) is 6.26. The summed E-state index contributed by atoms with van der Waals surface area (Å²) in [5.74, 6) is 0.594. The summed E-state index contributed by atoms with van der Waals surface area (Å²) in [6, 6.07) is 3.91. The van der Waals surface area contributed by atoms with Crippen LogP contribution in [0.2, 0.25) is 0 Å². The van der Waals surface area contributed by atoms with E-state index in [0.717, 1.165) is 12.1 Å². The minimum absolute atomic E-state index is 0.108. The van der Waals surface area contributed by atoms with E-state index in [1.807, 2.05) is 12.1 Å². The molecule has 0 amide bonds. The molecule has 3 nitrogen and oxygen atoms in total. The number of hydrogen-bond acceptors (Lipinski definition) is 3. The molecule has 0 aromatic carbocycles. The van der Waals surface area contributed by atoms with Gasteiger partial charge in [-0.15, -0.1) is 0 Å². The van der Waals surface area contributed by atoms with Gasteiger partial charge in [-0.05, 0) is 32.4 Å². The van der Waals surface area contributed by atoms with Crippen molar-refractivity contribution in [2.45, 2.75) is 32.7 Å². The van der Waals surface area contributed by atoms with Gasteiger partial charge in [0.05, 0.1) is 5.69 Å². The van der Waals surface area contributed by atoms with Crippen molar-refractivity contribution < 1.29 is 0 Å². The smallest absolute Gasteiger partial charge is 0.146 e. The fourth-order valence-corrected chi connectivity index (χ4v) is 1.26. The first-order valence-corrected chi connectivity index (χ1v) is 4.93. The minimum atomic E-state index is 0.108. The Morgan fingerprint density at radius 3 is 2.64 bits per heavy atom. The molecule has 0 bridgehead atoms. The lowest BCUT2D eigenvalue weighted by molar-refractivity contribution is 0.471. The lowest BCUT2D eigenvalue weighted by Gasteiger charge is -2.37. The molecule has 1 aromatic heterocycles. The molecule has 3 heteroatoms. The molecule has 1 aromatic rings. The molecule has 0 atom stereocenters. The van der Waals surface area contributed by atoms with Crippen LogP contribution < -0.4 is 10.6 Å². The van der Waals surface area contributed by atoms with E-state index in [2.05, 4.69) is 37.7 Å². The topological polar surface area (TPSA) is 42.2 Å². The van der Waals surface area contributed by atoms with Crippen LogP contribution in [0.5, 0.6) is 0 Å². The predicted molar refractivity (Wildman–Crippen MR) is 61.4 cm³/mol. The van der Waals surface area contributed by atoms with Gasteiger partial charge in [0.25, 0.3) is 0 Å². The molecule has 1 rings (SSSR count). The Balaban J connectivity index is 3.00. The van der Waals surface area contributed by atoms with Gasteiger partial charge in [-0.3, -0.25) is 0 Å². The molecule has 0 unspecified atom stereocenters. The maximum absolute atomic E-state index is 5.82. The van der Waals surface area contributed by atoms with Crippen molar-refractivity contribution in [3.63, 3.8) is 0 Å². The van der Waals surface area contributed by atoms with E-state index in [-0.39, 0.29) is 5.54 Å². The van der Waals surface area contributed by atoms with Crippen molar-refractivity contribution in [3.05, 3.63) is 18.3 Å². The Hall–Kier alpha value is -1.25. The van der Waals surface area contributed by atoms with Gasteiger partial charge in [0, 0.05) is 18.8 Å². The summed E-state index contributed by atoms with van der Waals surface area (Å²) >= 11 is 0. The molecular formula is C11H19N3.